The van der Waals surface area contributed by atoms with Gasteiger partial charge in [-0.1, -0.05) is 50.1 Å². The molecule has 2 aromatic heterocycles. The molecule has 178 valence electrons. The molecule has 3 aromatic rings. The van der Waals surface area contributed by atoms with Crippen molar-refractivity contribution < 1.29 is 4.79 Å². The van der Waals surface area contributed by atoms with Crippen LogP contribution in [0.2, 0.25) is 0 Å². The topological polar surface area (TPSA) is 67.2 Å². The van der Waals surface area contributed by atoms with Gasteiger partial charge in [0.2, 0.25) is 0 Å². The Labute approximate surface area is 204 Å². The normalized spacial score (nSPS) is 30.5. The molecule has 1 saturated carbocycles. The zero-order valence-electron chi connectivity index (χ0n) is 20.1. The van der Waals surface area contributed by atoms with Crippen LogP contribution >= 0.6 is 11.3 Å². The van der Waals surface area contributed by atoms with Crippen LogP contribution in [0.1, 0.15) is 59.8 Å². The molecule has 2 saturated heterocycles. The molecule has 1 aromatic carbocycles. The van der Waals surface area contributed by atoms with E-state index in [0.29, 0.717) is 21.1 Å². The molecule has 0 radical (unpaired) electrons. The van der Waals surface area contributed by atoms with E-state index in [2.05, 4.69) is 52.5 Å². The Bertz CT molecular complexity index is 1320. The number of aromatic nitrogens is 2. The average Bonchev–Trinajstić information content (AvgIpc) is 3.24. The van der Waals surface area contributed by atoms with Gasteiger partial charge in [-0.15, -0.1) is 11.3 Å². The van der Waals surface area contributed by atoms with Crippen molar-refractivity contribution in [1.29, 1.82) is 0 Å². The van der Waals surface area contributed by atoms with E-state index in [4.69, 9.17) is 0 Å². The summed E-state index contributed by atoms with van der Waals surface area (Å²) in [5, 5.41) is 4.60. The molecule has 7 heteroatoms. The Morgan fingerprint density at radius 1 is 1.24 bits per heavy atom. The molecule has 6 nitrogen and oxygen atoms in total. The predicted molar refractivity (Wildman–Crippen MR) is 135 cm³/mol. The number of amides is 1. The third kappa shape index (κ3) is 3.20. The highest BCUT2D eigenvalue weighted by molar-refractivity contribution is 7.20. The van der Waals surface area contributed by atoms with E-state index in [1.807, 2.05) is 6.92 Å². The number of nitrogens with one attached hydrogen (secondary N) is 1. The maximum Gasteiger partial charge on any atom is 0.264 e. The lowest BCUT2D eigenvalue weighted by atomic mass is 9.70. The van der Waals surface area contributed by atoms with Crippen molar-refractivity contribution in [3.63, 3.8) is 0 Å². The minimum atomic E-state index is -0.0805. The molecular formula is C27H32N4O2S. The summed E-state index contributed by atoms with van der Waals surface area (Å²) in [5.74, 6) is 0.0867. The van der Waals surface area contributed by atoms with Crippen LogP contribution in [0.15, 0.2) is 41.5 Å². The molecule has 6 rings (SSSR count). The number of hydrogen-bond acceptors (Lipinski definition) is 5. The van der Waals surface area contributed by atoms with Crippen LogP contribution in [0.3, 0.4) is 0 Å². The fourth-order valence-electron chi connectivity index (χ4n) is 6.96. The van der Waals surface area contributed by atoms with Gasteiger partial charge >= 0.3 is 0 Å². The number of piperidine rings is 1. The Morgan fingerprint density at radius 3 is 2.79 bits per heavy atom. The van der Waals surface area contributed by atoms with Crippen molar-refractivity contribution in [2.24, 2.45) is 12.5 Å². The number of carbonyl (C=O) groups excluding carboxylic acids is 1. The average molecular weight is 477 g/mol. The fourth-order valence-corrected chi connectivity index (χ4v) is 8.04. The van der Waals surface area contributed by atoms with E-state index in [1.165, 1.54) is 34.3 Å². The van der Waals surface area contributed by atoms with Crippen LogP contribution in [-0.2, 0) is 13.5 Å². The zero-order chi connectivity index (χ0) is 23.6. The third-order valence-electron chi connectivity index (χ3n) is 8.74. The second-order valence-corrected chi connectivity index (χ2v) is 11.7. The van der Waals surface area contributed by atoms with Gasteiger partial charge in [-0.25, -0.2) is 4.98 Å². The molecule has 4 heterocycles. The standard InChI is InChI=1S/C27H32N4O2S/c1-16-22-24(28-15-30(3)25(22)32)34-23(16)26(33)31-19-14-27(2)20(11-7-8-12-21(27)31)29-18(19)13-17-9-5-4-6-10-17/h4-6,9-10,15,18-21,29H,7-8,11-14H2,1-3H3/t18-,19+,20-,21+,27-/m1/s1. The van der Waals surface area contributed by atoms with E-state index in [-0.39, 0.29) is 35.0 Å². The summed E-state index contributed by atoms with van der Waals surface area (Å²) >= 11 is 1.38. The van der Waals surface area contributed by atoms with E-state index >= 15 is 0 Å². The summed E-state index contributed by atoms with van der Waals surface area (Å²) in [5.41, 5.74) is 2.09. The van der Waals surface area contributed by atoms with Crippen molar-refractivity contribution >= 4 is 27.5 Å². The minimum Gasteiger partial charge on any atom is -0.330 e. The van der Waals surface area contributed by atoms with Gasteiger partial charge in [-0.3, -0.25) is 9.59 Å². The summed E-state index contributed by atoms with van der Waals surface area (Å²) in [6.07, 6.45) is 8.11. The number of aryl methyl sites for hydroxylation is 2. The van der Waals surface area contributed by atoms with Crippen LogP contribution in [0.5, 0.6) is 0 Å². The predicted octanol–water partition coefficient (Wildman–Crippen LogP) is 4.05. The Kier molecular flexibility index (Phi) is 5.19. The first-order valence-electron chi connectivity index (χ1n) is 12.5. The van der Waals surface area contributed by atoms with Crippen LogP contribution in [0, 0.1) is 12.3 Å². The fraction of sp³-hybridized carbons (Fsp3) is 0.519. The van der Waals surface area contributed by atoms with Crippen molar-refractivity contribution in [1.82, 2.24) is 19.8 Å². The van der Waals surface area contributed by atoms with Gasteiger partial charge < -0.3 is 14.8 Å². The monoisotopic (exact) mass is 476 g/mol. The lowest BCUT2D eigenvalue weighted by Gasteiger charge is -2.43. The van der Waals surface area contributed by atoms with Crippen LogP contribution in [0.4, 0.5) is 0 Å². The molecule has 2 aliphatic heterocycles. The Hall–Kier alpha value is -2.51. The second-order valence-electron chi connectivity index (χ2n) is 10.7. The van der Waals surface area contributed by atoms with Gasteiger partial charge in [0.25, 0.3) is 11.5 Å². The number of carbonyl (C=O) groups is 1. The highest BCUT2D eigenvalue weighted by Crippen LogP contribution is 2.53. The molecule has 2 bridgehead atoms. The van der Waals surface area contributed by atoms with E-state index in [0.717, 1.165) is 31.2 Å². The molecule has 1 N–H and O–H groups in total. The largest absolute Gasteiger partial charge is 0.330 e. The molecule has 1 amide bonds. The van der Waals surface area contributed by atoms with Crippen LogP contribution < -0.4 is 10.9 Å². The first kappa shape index (κ1) is 22.0. The van der Waals surface area contributed by atoms with E-state index in [1.54, 1.807) is 13.4 Å². The Balaban J connectivity index is 1.43. The zero-order valence-corrected chi connectivity index (χ0v) is 20.9. The minimum absolute atomic E-state index is 0.0805. The molecular weight excluding hydrogens is 444 g/mol. The molecule has 1 aliphatic carbocycles. The van der Waals surface area contributed by atoms with Gasteiger partial charge in [0.15, 0.2) is 0 Å². The number of benzene rings is 1. The smallest absolute Gasteiger partial charge is 0.264 e. The summed E-state index contributed by atoms with van der Waals surface area (Å²) in [4.78, 5) is 35.1. The molecule has 0 spiro atoms. The van der Waals surface area contributed by atoms with Gasteiger partial charge in [0.05, 0.1) is 16.6 Å². The maximum absolute atomic E-state index is 14.3. The lowest BCUT2D eigenvalue weighted by Crippen LogP contribution is -2.57. The first-order chi connectivity index (χ1) is 16.4. The third-order valence-corrected chi connectivity index (χ3v) is 9.93. The van der Waals surface area contributed by atoms with Crippen LogP contribution in [-0.4, -0.2) is 44.5 Å². The number of thiophene rings is 1. The molecule has 5 atom stereocenters. The van der Waals surface area contributed by atoms with Gasteiger partial charge in [0.1, 0.15) is 4.83 Å². The maximum atomic E-state index is 14.3. The lowest BCUT2D eigenvalue weighted by molar-refractivity contribution is 0.0616. The van der Waals surface area contributed by atoms with Gasteiger partial charge in [0, 0.05) is 36.6 Å². The first-order valence-corrected chi connectivity index (χ1v) is 13.3. The number of likely N-dealkylation sites (tertiary alicyclic amines) is 1. The highest BCUT2D eigenvalue weighted by atomic mass is 32.1. The number of hydrogen-bond donors (Lipinski definition) is 1. The van der Waals surface area contributed by atoms with Crippen molar-refractivity contribution in [2.75, 3.05) is 0 Å². The molecule has 34 heavy (non-hydrogen) atoms. The summed E-state index contributed by atoms with van der Waals surface area (Å²) < 4.78 is 1.50. The highest BCUT2D eigenvalue weighted by Gasteiger charge is 2.60. The second kappa shape index (κ2) is 8.02. The van der Waals surface area contributed by atoms with Crippen molar-refractivity contribution in [2.45, 2.75) is 76.5 Å². The van der Waals surface area contributed by atoms with Gasteiger partial charge in [-0.2, -0.15) is 0 Å². The van der Waals surface area contributed by atoms with Crippen LogP contribution in [0.25, 0.3) is 10.2 Å². The SMILES string of the molecule is Cc1c(C(=O)N2[C@H]3CCCC[C@H]4N[C@H](Cc5ccccc5)[C@@H]2C[C@@]34C)sc2ncn(C)c(=O)c12. The van der Waals surface area contributed by atoms with Crippen molar-refractivity contribution in [3.8, 4) is 0 Å². The summed E-state index contributed by atoms with van der Waals surface area (Å²) in [6, 6.07) is 11.7. The molecule has 3 fully saturated rings. The quantitative estimate of drug-likeness (QED) is 0.619. The molecule has 0 unspecified atom stereocenters. The van der Waals surface area contributed by atoms with Crippen molar-refractivity contribution in [3.05, 3.63) is 63.0 Å². The number of nitrogens with zero attached hydrogens (tertiary/aromatic N) is 3. The number of rotatable bonds is 3. The summed E-state index contributed by atoms with van der Waals surface area (Å²) in [7, 11) is 1.71. The van der Waals surface area contributed by atoms with E-state index < -0.39 is 0 Å². The molecule has 3 aliphatic rings. The van der Waals surface area contributed by atoms with E-state index in [9.17, 15) is 9.59 Å². The summed E-state index contributed by atoms with van der Waals surface area (Å²) in [6.45, 7) is 4.31. The number of fused-ring (bicyclic) bond motifs is 2. The Morgan fingerprint density at radius 2 is 2.00 bits per heavy atom. The van der Waals surface area contributed by atoms with Gasteiger partial charge in [-0.05, 0) is 43.7 Å².